The molecular formula is C24H32Cl2N4O4. The first-order valence-electron chi connectivity index (χ1n) is 11.6. The van der Waals surface area contributed by atoms with Crippen molar-refractivity contribution in [2.45, 2.75) is 31.7 Å². The Balaban J connectivity index is 1.43. The van der Waals surface area contributed by atoms with Crippen molar-refractivity contribution in [3.8, 4) is 0 Å². The van der Waals surface area contributed by atoms with E-state index in [1.54, 1.807) is 29.2 Å². The van der Waals surface area contributed by atoms with Gasteiger partial charge in [-0.3, -0.25) is 9.59 Å². The maximum atomic E-state index is 12.6. The first-order chi connectivity index (χ1) is 16.4. The molecule has 34 heavy (non-hydrogen) atoms. The van der Waals surface area contributed by atoms with Crippen LogP contribution in [0.15, 0.2) is 24.3 Å². The quantitative estimate of drug-likeness (QED) is 0.569. The molecule has 1 aromatic carbocycles. The second-order valence-corrected chi connectivity index (χ2v) is 9.41. The minimum absolute atomic E-state index is 0.0765. The lowest BCUT2D eigenvalue weighted by molar-refractivity contribution is -0.130. The van der Waals surface area contributed by atoms with Gasteiger partial charge in [0, 0.05) is 51.3 Å². The number of likely N-dealkylation sites (tertiary alicyclic amines) is 1. The van der Waals surface area contributed by atoms with Gasteiger partial charge in [-0.25, -0.2) is 4.79 Å². The Bertz CT molecular complexity index is 911. The van der Waals surface area contributed by atoms with Crippen molar-refractivity contribution in [3.05, 3.63) is 39.9 Å². The molecule has 2 aliphatic rings. The van der Waals surface area contributed by atoms with Gasteiger partial charge in [0.25, 0.3) is 0 Å². The smallest absolute Gasteiger partial charge is 0.407 e. The van der Waals surface area contributed by atoms with Gasteiger partial charge in [0.15, 0.2) is 0 Å². The van der Waals surface area contributed by atoms with Gasteiger partial charge in [0.05, 0.1) is 17.2 Å². The first-order valence-corrected chi connectivity index (χ1v) is 12.4. The lowest BCUT2D eigenvalue weighted by Crippen LogP contribution is -2.48. The van der Waals surface area contributed by atoms with E-state index in [-0.39, 0.29) is 17.9 Å². The molecule has 2 aliphatic heterocycles. The van der Waals surface area contributed by atoms with Crippen molar-refractivity contribution in [2.75, 3.05) is 52.9 Å². The molecule has 1 unspecified atom stereocenters. The molecule has 1 aromatic rings. The van der Waals surface area contributed by atoms with E-state index in [0.717, 1.165) is 44.5 Å². The van der Waals surface area contributed by atoms with E-state index < -0.39 is 6.09 Å². The van der Waals surface area contributed by atoms with E-state index in [9.17, 15) is 14.4 Å². The molecular weight excluding hydrogens is 479 g/mol. The van der Waals surface area contributed by atoms with Crippen LogP contribution in [0.2, 0.25) is 10.0 Å². The summed E-state index contributed by atoms with van der Waals surface area (Å²) in [6.45, 7) is 4.73. The Kier molecular flexibility index (Phi) is 10.0. The highest BCUT2D eigenvalue weighted by Gasteiger charge is 2.24. The molecule has 186 valence electrons. The third kappa shape index (κ3) is 7.89. The minimum Gasteiger partial charge on any atom is -0.453 e. The fraction of sp³-hybridized carbons (Fsp3) is 0.542. The van der Waals surface area contributed by atoms with Gasteiger partial charge in [-0.1, -0.05) is 29.3 Å². The summed E-state index contributed by atoms with van der Waals surface area (Å²) in [6.07, 6.45) is 5.95. The summed E-state index contributed by atoms with van der Waals surface area (Å²) in [5, 5.41) is 3.78. The number of hydrogen-bond donors (Lipinski definition) is 1. The highest BCUT2D eigenvalue weighted by Crippen LogP contribution is 2.23. The monoisotopic (exact) mass is 510 g/mol. The normalized spacial score (nSPS) is 19.9. The van der Waals surface area contributed by atoms with Crippen LogP contribution < -0.4 is 5.32 Å². The van der Waals surface area contributed by atoms with Crippen LogP contribution in [0.3, 0.4) is 0 Å². The van der Waals surface area contributed by atoms with Crippen LogP contribution in [0.25, 0.3) is 6.08 Å². The Labute approximate surface area is 210 Å². The number of methoxy groups -OCH3 is 1. The van der Waals surface area contributed by atoms with Crippen LogP contribution in [-0.4, -0.2) is 91.6 Å². The van der Waals surface area contributed by atoms with Gasteiger partial charge in [-0.05, 0) is 56.1 Å². The van der Waals surface area contributed by atoms with E-state index >= 15 is 0 Å². The molecule has 0 aliphatic carbocycles. The molecule has 2 heterocycles. The third-order valence-corrected chi connectivity index (χ3v) is 6.92. The summed E-state index contributed by atoms with van der Waals surface area (Å²) in [5.74, 6) is -0.0502. The van der Waals surface area contributed by atoms with E-state index in [2.05, 4.69) is 15.0 Å². The molecule has 0 saturated carbocycles. The van der Waals surface area contributed by atoms with E-state index in [1.807, 2.05) is 4.90 Å². The van der Waals surface area contributed by atoms with Crippen LogP contribution in [0, 0.1) is 0 Å². The number of amides is 3. The van der Waals surface area contributed by atoms with Crippen LogP contribution in [0.4, 0.5) is 4.79 Å². The van der Waals surface area contributed by atoms with Crippen molar-refractivity contribution in [1.82, 2.24) is 20.0 Å². The molecule has 1 atom stereocenters. The molecule has 0 radical (unpaired) electrons. The van der Waals surface area contributed by atoms with Crippen LogP contribution in [0.5, 0.6) is 0 Å². The number of rotatable bonds is 7. The number of halogens is 2. The van der Waals surface area contributed by atoms with Crippen molar-refractivity contribution >= 4 is 47.2 Å². The molecule has 3 amide bonds. The van der Waals surface area contributed by atoms with Crippen molar-refractivity contribution in [1.29, 1.82) is 0 Å². The van der Waals surface area contributed by atoms with Gasteiger partial charge in [-0.15, -0.1) is 0 Å². The molecule has 10 heteroatoms. The molecule has 3 rings (SSSR count). The fourth-order valence-corrected chi connectivity index (χ4v) is 4.61. The summed E-state index contributed by atoms with van der Waals surface area (Å²) in [6, 6.07) is 5.28. The zero-order valence-electron chi connectivity index (χ0n) is 19.5. The molecule has 8 nitrogen and oxygen atoms in total. The Morgan fingerprint density at radius 2 is 1.97 bits per heavy atom. The standard InChI is InChI=1S/C24H32Cl2N4O4/c1-34-24(33)27-19-4-2-10-28(17-19)11-3-12-29-14-15-30(13-9-23(29)32)22(31)8-6-18-5-7-20(25)21(26)16-18/h5-8,16,19H,2-4,9-15,17H2,1H3,(H,27,33). The van der Waals surface area contributed by atoms with E-state index in [0.29, 0.717) is 42.6 Å². The van der Waals surface area contributed by atoms with Gasteiger partial charge in [0.1, 0.15) is 0 Å². The lowest BCUT2D eigenvalue weighted by Gasteiger charge is -2.33. The number of alkyl carbamates (subject to hydrolysis) is 1. The molecule has 0 spiro atoms. The maximum absolute atomic E-state index is 12.6. The minimum atomic E-state index is -0.395. The molecule has 0 bridgehead atoms. The Hall–Kier alpha value is -2.29. The van der Waals surface area contributed by atoms with Crippen molar-refractivity contribution in [2.24, 2.45) is 0 Å². The summed E-state index contributed by atoms with van der Waals surface area (Å²) < 4.78 is 4.69. The number of carbonyl (C=O) groups excluding carboxylic acids is 3. The summed E-state index contributed by atoms with van der Waals surface area (Å²) in [5.41, 5.74) is 0.789. The first kappa shape index (κ1) is 26.3. The highest BCUT2D eigenvalue weighted by molar-refractivity contribution is 6.42. The second-order valence-electron chi connectivity index (χ2n) is 8.59. The number of hydrogen-bond acceptors (Lipinski definition) is 5. The average Bonchev–Trinajstić information content (AvgIpc) is 3.01. The van der Waals surface area contributed by atoms with Gasteiger partial charge in [-0.2, -0.15) is 0 Å². The second kappa shape index (κ2) is 13.0. The Morgan fingerprint density at radius 1 is 1.15 bits per heavy atom. The Morgan fingerprint density at radius 3 is 2.74 bits per heavy atom. The van der Waals surface area contributed by atoms with E-state index in [1.165, 1.54) is 13.2 Å². The predicted molar refractivity (Wildman–Crippen MR) is 133 cm³/mol. The summed E-state index contributed by atoms with van der Waals surface area (Å²) in [4.78, 5) is 42.6. The lowest BCUT2D eigenvalue weighted by atomic mass is 10.1. The van der Waals surface area contributed by atoms with Gasteiger partial charge in [0.2, 0.25) is 11.8 Å². The molecule has 0 aromatic heterocycles. The van der Waals surface area contributed by atoms with E-state index in [4.69, 9.17) is 23.2 Å². The average molecular weight is 511 g/mol. The van der Waals surface area contributed by atoms with Gasteiger partial charge >= 0.3 is 6.09 Å². The number of carbonyl (C=O) groups is 3. The molecule has 2 fully saturated rings. The number of piperidine rings is 1. The van der Waals surface area contributed by atoms with Crippen molar-refractivity contribution in [3.63, 3.8) is 0 Å². The van der Waals surface area contributed by atoms with Crippen molar-refractivity contribution < 1.29 is 19.1 Å². The number of ether oxygens (including phenoxy) is 1. The maximum Gasteiger partial charge on any atom is 0.407 e. The van der Waals surface area contributed by atoms with Gasteiger partial charge < -0.3 is 24.8 Å². The molecule has 1 N–H and O–H groups in total. The highest BCUT2D eigenvalue weighted by atomic mass is 35.5. The topological polar surface area (TPSA) is 82.2 Å². The largest absolute Gasteiger partial charge is 0.453 e. The zero-order chi connectivity index (χ0) is 24.5. The fourth-order valence-electron chi connectivity index (χ4n) is 4.30. The van der Waals surface area contributed by atoms with Crippen LogP contribution >= 0.6 is 23.2 Å². The summed E-state index contributed by atoms with van der Waals surface area (Å²) >= 11 is 12.0. The third-order valence-electron chi connectivity index (χ3n) is 6.18. The predicted octanol–water partition coefficient (Wildman–Crippen LogP) is 3.28. The summed E-state index contributed by atoms with van der Waals surface area (Å²) in [7, 11) is 1.37. The van der Waals surface area contributed by atoms with Crippen LogP contribution in [0.1, 0.15) is 31.2 Å². The zero-order valence-corrected chi connectivity index (χ0v) is 21.0. The number of nitrogens with one attached hydrogen (secondary N) is 1. The SMILES string of the molecule is COC(=O)NC1CCCN(CCCN2CCN(C(=O)C=Cc3ccc(Cl)c(Cl)c3)CCC2=O)C1. The number of benzene rings is 1. The van der Waals surface area contributed by atoms with Crippen LogP contribution in [-0.2, 0) is 14.3 Å². The molecule has 2 saturated heterocycles. The number of nitrogens with zero attached hydrogens (tertiary/aromatic N) is 3.